The zero-order valence-electron chi connectivity index (χ0n) is 15.1. The van der Waals surface area contributed by atoms with Gasteiger partial charge in [-0.3, -0.25) is 4.57 Å². The van der Waals surface area contributed by atoms with E-state index in [2.05, 4.69) is 35.2 Å². The summed E-state index contributed by atoms with van der Waals surface area (Å²) >= 11 is 0. The first-order valence-corrected chi connectivity index (χ1v) is 9.67. The van der Waals surface area contributed by atoms with Gasteiger partial charge in [-0.2, -0.15) is 0 Å². The number of oxazole rings is 1. The van der Waals surface area contributed by atoms with Crippen LogP contribution in [0.1, 0.15) is 31.2 Å². The molecule has 0 N–H and O–H groups in total. The van der Waals surface area contributed by atoms with Crippen LogP contribution >= 0.6 is 0 Å². The number of benzene rings is 2. The molecule has 0 saturated carbocycles. The summed E-state index contributed by atoms with van der Waals surface area (Å²) in [4.78, 5) is 14.7. The molecular weight excluding hydrogens is 324 g/mol. The van der Waals surface area contributed by atoms with Crippen LogP contribution in [-0.4, -0.2) is 28.6 Å². The molecule has 4 rings (SSSR count). The summed E-state index contributed by atoms with van der Waals surface area (Å²) in [5.41, 5.74) is 3.01. The summed E-state index contributed by atoms with van der Waals surface area (Å²) in [5, 5.41) is 0. The lowest BCUT2D eigenvalue weighted by Crippen LogP contribution is -2.31. The van der Waals surface area contributed by atoms with Crippen molar-refractivity contribution in [3.05, 3.63) is 70.7 Å². The average Bonchev–Trinajstić information content (AvgIpc) is 3.25. The van der Waals surface area contributed by atoms with Gasteiger partial charge in [0, 0.05) is 19.1 Å². The number of hydrogen-bond acceptors (Lipinski definition) is 3. The SMILES string of the molecule is O=c1oc2ccccc2n1CCCN1CCCC1CCc1ccccc1. The predicted molar refractivity (Wildman–Crippen MR) is 104 cm³/mol. The molecule has 1 fully saturated rings. The minimum absolute atomic E-state index is 0.242. The van der Waals surface area contributed by atoms with Crippen molar-refractivity contribution in [2.24, 2.45) is 0 Å². The molecule has 136 valence electrons. The van der Waals surface area contributed by atoms with E-state index in [-0.39, 0.29) is 5.76 Å². The van der Waals surface area contributed by atoms with Crippen LogP contribution in [0.15, 0.2) is 63.8 Å². The Bertz CT molecular complexity index is 897. The Morgan fingerprint density at radius 3 is 2.69 bits per heavy atom. The van der Waals surface area contributed by atoms with E-state index < -0.39 is 0 Å². The maximum atomic E-state index is 12.1. The van der Waals surface area contributed by atoms with Gasteiger partial charge in [0.25, 0.3) is 0 Å². The van der Waals surface area contributed by atoms with Crippen LogP contribution in [0.25, 0.3) is 11.1 Å². The van der Waals surface area contributed by atoms with E-state index in [1.807, 2.05) is 24.3 Å². The Balaban J connectivity index is 1.32. The van der Waals surface area contributed by atoms with Crippen molar-refractivity contribution in [1.82, 2.24) is 9.47 Å². The van der Waals surface area contributed by atoms with Crippen molar-refractivity contribution in [3.63, 3.8) is 0 Å². The number of rotatable bonds is 7. The molecular formula is C22H26N2O2. The van der Waals surface area contributed by atoms with Crippen molar-refractivity contribution in [2.45, 2.75) is 44.7 Å². The molecule has 26 heavy (non-hydrogen) atoms. The fraction of sp³-hybridized carbons (Fsp3) is 0.409. The van der Waals surface area contributed by atoms with Gasteiger partial charge in [0.2, 0.25) is 0 Å². The number of hydrogen-bond donors (Lipinski definition) is 0. The quantitative estimate of drug-likeness (QED) is 0.644. The van der Waals surface area contributed by atoms with Crippen LogP contribution in [0.3, 0.4) is 0 Å². The highest BCUT2D eigenvalue weighted by Gasteiger charge is 2.23. The van der Waals surface area contributed by atoms with Gasteiger partial charge in [0.05, 0.1) is 5.52 Å². The third-order valence-corrected chi connectivity index (χ3v) is 5.51. The summed E-state index contributed by atoms with van der Waals surface area (Å²) in [6.45, 7) is 2.95. The maximum Gasteiger partial charge on any atom is 0.419 e. The lowest BCUT2D eigenvalue weighted by molar-refractivity contribution is 0.235. The second-order valence-corrected chi connectivity index (χ2v) is 7.20. The van der Waals surface area contributed by atoms with Crippen molar-refractivity contribution in [2.75, 3.05) is 13.1 Å². The van der Waals surface area contributed by atoms with E-state index in [1.54, 1.807) is 4.57 Å². The van der Waals surface area contributed by atoms with Crippen LogP contribution < -0.4 is 5.76 Å². The van der Waals surface area contributed by atoms with Crippen LogP contribution in [0.2, 0.25) is 0 Å². The number of likely N-dealkylation sites (tertiary alicyclic amines) is 1. The highest BCUT2D eigenvalue weighted by Crippen LogP contribution is 2.22. The zero-order valence-corrected chi connectivity index (χ0v) is 15.1. The second-order valence-electron chi connectivity index (χ2n) is 7.20. The molecule has 3 aromatic rings. The van der Waals surface area contributed by atoms with E-state index in [1.165, 1.54) is 31.4 Å². The summed E-state index contributed by atoms with van der Waals surface area (Å²) in [5.74, 6) is -0.242. The van der Waals surface area contributed by atoms with Gasteiger partial charge < -0.3 is 9.32 Å². The highest BCUT2D eigenvalue weighted by molar-refractivity contribution is 5.72. The van der Waals surface area contributed by atoms with E-state index in [0.717, 1.165) is 31.4 Å². The van der Waals surface area contributed by atoms with Gasteiger partial charge in [0.15, 0.2) is 5.58 Å². The highest BCUT2D eigenvalue weighted by atomic mass is 16.4. The van der Waals surface area contributed by atoms with Gasteiger partial charge in [0.1, 0.15) is 0 Å². The Kier molecular flexibility index (Phi) is 5.21. The van der Waals surface area contributed by atoms with Gasteiger partial charge in [-0.25, -0.2) is 4.79 Å². The summed E-state index contributed by atoms with van der Waals surface area (Å²) in [6, 6.07) is 19.1. The van der Waals surface area contributed by atoms with Gasteiger partial charge in [-0.1, -0.05) is 42.5 Å². The first-order valence-electron chi connectivity index (χ1n) is 9.67. The van der Waals surface area contributed by atoms with Crippen molar-refractivity contribution in [3.8, 4) is 0 Å². The van der Waals surface area contributed by atoms with Crippen molar-refractivity contribution >= 4 is 11.1 Å². The number of aromatic nitrogens is 1. The second kappa shape index (κ2) is 7.92. The number of nitrogens with zero attached hydrogens (tertiary/aromatic N) is 2. The molecule has 4 nitrogen and oxygen atoms in total. The fourth-order valence-corrected chi connectivity index (χ4v) is 4.15. The molecule has 1 unspecified atom stereocenters. The zero-order chi connectivity index (χ0) is 17.8. The molecule has 0 spiro atoms. The summed E-state index contributed by atoms with van der Waals surface area (Å²) in [7, 11) is 0. The Morgan fingerprint density at radius 1 is 1.00 bits per heavy atom. The molecule has 1 atom stereocenters. The monoisotopic (exact) mass is 350 g/mol. The fourth-order valence-electron chi connectivity index (χ4n) is 4.15. The molecule has 0 radical (unpaired) electrons. The van der Waals surface area contributed by atoms with Crippen LogP contribution in [0.4, 0.5) is 0 Å². The Hall–Kier alpha value is -2.33. The number of aryl methyl sites for hydroxylation is 2. The molecule has 1 aromatic heterocycles. The smallest absolute Gasteiger partial charge is 0.408 e. The van der Waals surface area contributed by atoms with Crippen LogP contribution in [0, 0.1) is 0 Å². The standard InChI is InChI=1S/C22H26N2O2/c25-22-24(20-11-4-5-12-21(20)26-22)17-7-16-23-15-6-10-19(23)14-13-18-8-2-1-3-9-18/h1-5,8-9,11-12,19H,6-7,10,13-17H2. The van der Waals surface area contributed by atoms with Crippen LogP contribution in [0.5, 0.6) is 0 Å². The minimum Gasteiger partial charge on any atom is -0.408 e. The van der Waals surface area contributed by atoms with Gasteiger partial charge in [-0.05, 0) is 56.3 Å². The summed E-state index contributed by atoms with van der Waals surface area (Å²) < 4.78 is 7.09. The van der Waals surface area contributed by atoms with E-state index >= 15 is 0 Å². The third kappa shape index (κ3) is 3.75. The predicted octanol–water partition coefficient (Wildman–Crippen LogP) is 4.08. The number of para-hydroxylation sites is 2. The average molecular weight is 350 g/mol. The lowest BCUT2D eigenvalue weighted by Gasteiger charge is -2.24. The topological polar surface area (TPSA) is 38.4 Å². The van der Waals surface area contributed by atoms with E-state index in [4.69, 9.17) is 4.42 Å². The molecule has 2 heterocycles. The number of fused-ring (bicyclic) bond motifs is 1. The van der Waals surface area contributed by atoms with Crippen LogP contribution in [-0.2, 0) is 13.0 Å². The van der Waals surface area contributed by atoms with Gasteiger partial charge in [-0.15, -0.1) is 0 Å². The minimum atomic E-state index is -0.242. The molecule has 0 bridgehead atoms. The molecule has 4 heteroatoms. The first-order chi connectivity index (χ1) is 12.8. The molecule has 1 aliphatic rings. The van der Waals surface area contributed by atoms with E-state index in [9.17, 15) is 4.79 Å². The Morgan fingerprint density at radius 2 is 1.81 bits per heavy atom. The molecule has 0 aliphatic carbocycles. The largest absolute Gasteiger partial charge is 0.419 e. The van der Waals surface area contributed by atoms with Gasteiger partial charge >= 0.3 is 5.76 Å². The Labute approximate surface area is 154 Å². The molecule has 0 amide bonds. The maximum absolute atomic E-state index is 12.1. The first kappa shape index (κ1) is 17.1. The van der Waals surface area contributed by atoms with E-state index in [0.29, 0.717) is 11.6 Å². The normalized spacial score (nSPS) is 17.9. The molecule has 1 saturated heterocycles. The molecule has 1 aliphatic heterocycles. The third-order valence-electron chi connectivity index (χ3n) is 5.51. The van der Waals surface area contributed by atoms with Crippen molar-refractivity contribution in [1.29, 1.82) is 0 Å². The van der Waals surface area contributed by atoms with Crippen molar-refractivity contribution < 1.29 is 4.42 Å². The molecule has 2 aromatic carbocycles. The lowest BCUT2D eigenvalue weighted by atomic mass is 10.0. The summed E-state index contributed by atoms with van der Waals surface area (Å²) in [6.07, 6.45) is 5.92.